The Morgan fingerprint density at radius 2 is 1.86 bits per heavy atom. The molecule has 3 N–H and O–H groups in total. The Morgan fingerprint density at radius 1 is 1.17 bits per heavy atom. The number of carboxylic acid groups (broad SMARTS) is 1. The van der Waals surface area contributed by atoms with Gasteiger partial charge in [-0.25, -0.2) is 9.59 Å². The molecular weight excluding hydrogens is 470 g/mol. The smallest absolute Gasteiger partial charge is 0.335 e. The number of hydrogen-bond acceptors (Lipinski definition) is 6. The van der Waals surface area contributed by atoms with Crippen molar-refractivity contribution in [3.63, 3.8) is 0 Å². The van der Waals surface area contributed by atoms with E-state index in [1.165, 1.54) is 25.1 Å². The molecule has 1 saturated heterocycles. The molecule has 0 bridgehead atoms. The van der Waals surface area contributed by atoms with Crippen molar-refractivity contribution in [3.8, 4) is 0 Å². The van der Waals surface area contributed by atoms with Crippen molar-refractivity contribution in [1.29, 1.82) is 0 Å². The zero-order chi connectivity index (χ0) is 25.1. The predicted octanol–water partition coefficient (Wildman–Crippen LogP) is 2.82. The average Bonchev–Trinajstić information content (AvgIpc) is 2.84. The van der Waals surface area contributed by atoms with E-state index in [0.717, 1.165) is 10.5 Å². The Kier molecular flexibility index (Phi) is 7.08. The summed E-state index contributed by atoms with van der Waals surface area (Å²) in [5, 5.41) is 28.0. The molecule has 10 nitrogen and oxygen atoms in total. The van der Waals surface area contributed by atoms with Gasteiger partial charge in [-0.2, -0.15) is 0 Å². The van der Waals surface area contributed by atoms with Gasteiger partial charge in [0.05, 0.1) is 16.1 Å². The normalized spacial score (nSPS) is 20.4. The van der Waals surface area contributed by atoms with Crippen LogP contribution in [-0.4, -0.2) is 62.6 Å². The van der Waals surface area contributed by atoms with E-state index in [1.807, 2.05) is 30.3 Å². The van der Waals surface area contributed by atoms with Gasteiger partial charge in [0.15, 0.2) is 5.11 Å². The third kappa shape index (κ3) is 4.86. The summed E-state index contributed by atoms with van der Waals surface area (Å²) in [4.78, 5) is 40.4. The van der Waals surface area contributed by atoms with Crippen LogP contribution in [0.3, 0.4) is 0 Å². The third-order valence-corrected chi connectivity index (χ3v) is 6.52. The van der Waals surface area contributed by atoms with Crippen molar-refractivity contribution in [2.45, 2.75) is 25.4 Å². The molecule has 0 radical (unpaired) electrons. The highest BCUT2D eigenvalue weighted by atomic mass is 32.1. The van der Waals surface area contributed by atoms with Gasteiger partial charge >= 0.3 is 12.0 Å². The van der Waals surface area contributed by atoms with Crippen molar-refractivity contribution in [3.05, 3.63) is 87.1 Å². The summed E-state index contributed by atoms with van der Waals surface area (Å²) < 4.78 is 0. The first-order chi connectivity index (χ1) is 16.8. The van der Waals surface area contributed by atoms with Crippen LogP contribution in [0.2, 0.25) is 0 Å². The zero-order valence-corrected chi connectivity index (χ0v) is 19.8. The maximum atomic E-state index is 14.0. The largest absolute Gasteiger partial charge is 0.478 e. The highest BCUT2D eigenvalue weighted by Gasteiger charge is 2.44. The van der Waals surface area contributed by atoms with E-state index in [-0.39, 0.29) is 33.7 Å². The molecule has 0 saturated carbocycles. The number of nitro benzene ring substituents is 1. The van der Waals surface area contributed by atoms with Gasteiger partial charge < -0.3 is 20.6 Å². The lowest BCUT2D eigenvalue weighted by Crippen LogP contribution is -2.61. The first-order valence-corrected chi connectivity index (χ1v) is 11.5. The molecule has 2 heterocycles. The Balaban J connectivity index is 1.78. The number of urea groups is 1. The van der Waals surface area contributed by atoms with E-state index in [4.69, 9.17) is 12.2 Å². The molecule has 1 fully saturated rings. The number of thiocarbonyl (C=S) groups is 1. The molecule has 2 aliphatic heterocycles. The van der Waals surface area contributed by atoms with Crippen LogP contribution in [0.15, 0.2) is 65.9 Å². The van der Waals surface area contributed by atoms with Crippen LogP contribution in [0.5, 0.6) is 0 Å². The first-order valence-electron chi connectivity index (χ1n) is 11.1. The van der Waals surface area contributed by atoms with Crippen molar-refractivity contribution in [1.82, 2.24) is 20.4 Å². The van der Waals surface area contributed by atoms with Crippen molar-refractivity contribution in [2.24, 2.45) is 0 Å². The maximum Gasteiger partial charge on any atom is 0.335 e. The van der Waals surface area contributed by atoms with Gasteiger partial charge in [0, 0.05) is 37.4 Å². The lowest BCUT2D eigenvalue weighted by Gasteiger charge is -2.43. The summed E-state index contributed by atoms with van der Waals surface area (Å²) in [6, 6.07) is 13.6. The number of nitrogens with one attached hydrogen (secondary N) is 2. The first kappa shape index (κ1) is 24.3. The number of allylic oxidation sites excluding steroid dienone is 1. The van der Waals surface area contributed by atoms with Crippen LogP contribution < -0.4 is 10.6 Å². The lowest BCUT2D eigenvalue weighted by molar-refractivity contribution is -0.385. The standard InChI is InChI=1S/C24H25N5O5S/c1-15-20(22(30)31)21(18-9-5-6-10-19(18)29(33)34)28(23(35)26-15)24(32)27-12-11-25-14-17(27)13-16-7-3-2-4-8-16/h2-10,17,21,25H,11-14H2,1H3,(H,26,35)(H,30,31). The lowest BCUT2D eigenvalue weighted by atomic mass is 9.92. The third-order valence-electron chi connectivity index (χ3n) is 6.22. The molecule has 35 heavy (non-hydrogen) atoms. The second kappa shape index (κ2) is 10.2. The Labute approximate surface area is 207 Å². The molecule has 182 valence electrons. The number of carboxylic acids is 1. The summed E-state index contributed by atoms with van der Waals surface area (Å²) in [7, 11) is 0. The topological polar surface area (TPSA) is 128 Å². The van der Waals surface area contributed by atoms with E-state index in [0.29, 0.717) is 26.1 Å². The van der Waals surface area contributed by atoms with Crippen molar-refractivity contribution < 1.29 is 19.6 Å². The van der Waals surface area contributed by atoms with Crippen molar-refractivity contribution in [2.75, 3.05) is 19.6 Å². The summed E-state index contributed by atoms with van der Waals surface area (Å²) in [6.45, 7) is 3.01. The van der Waals surface area contributed by atoms with Crippen LogP contribution in [0.1, 0.15) is 24.1 Å². The molecule has 2 atom stereocenters. The SMILES string of the molecule is CC1=C(C(=O)O)C(c2ccccc2[N+](=O)[O-])N(C(=O)N2CCNCC2Cc2ccccc2)C(=S)N1. The van der Waals surface area contributed by atoms with E-state index in [2.05, 4.69) is 10.6 Å². The average molecular weight is 496 g/mol. The molecule has 4 rings (SSSR count). The number of piperazine rings is 1. The van der Waals surface area contributed by atoms with Gasteiger partial charge in [0.1, 0.15) is 6.04 Å². The van der Waals surface area contributed by atoms with E-state index in [1.54, 1.807) is 11.0 Å². The number of nitro groups is 1. The van der Waals surface area contributed by atoms with Gasteiger partial charge in [-0.05, 0) is 37.2 Å². The number of amides is 2. The van der Waals surface area contributed by atoms with Crippen LogP contribution in [0.4, 0.5) is 10.5 Å². The molecular formula is C24H25N5O5S. The minimum atomic E-state index is -1.29. The molecule has 2 aromatic rings. The highest BCUT2D eigenvalue weighted by Crippen LogP contribution is 2.39. The number of rotatable bonds is 5. The Bertz CT molecular complexity index is 1200. The van der Waals surface area contributed by atoms with E-state index >= 15 is 0 Å². The zero-order valence-electron chi connectivity index (χ0n) is 19.0. The summed E-state index contributed by atoms with van der Waals surface area (Å²) in [5.74, 6) is -1.29. The van der Waals surface area contributed by atoms with Crippen LogP contribution in [-0.2, 0) is 11.2 Å². The fraction of sp³-hybridized carbons (Fsp3) is 0.292. The number of carbonyl (C=O) groups is 2. The highest BCUT2D eigenvalue weighted by molar-refractivity contribution is 7.80. The molecule has 2 aliphatic rings. The molecule has 0 aromatic heterocycles. The summed E-state index contributed by atoms with van der Waals surface area (Å²) in [6.07, 6.45) is 0.588. The summed E-state index contributed by atoms with van der Waals surface area (Å²) in [5.41, 5.74) is 0.913. The Morgan fingerprint density at radius 3 is 2.54 bits per heavy atom. The van der Waals surface area contributed by atoms with E-state index < -0.39 is 23.0 Å². The number of benzene rings is 2. The fourth-order valence-corrected chi connectivity index (χ4v) is 4.95. The van der Waals surface area contributed by atoms with E-state index in [9.17, 15) is 24.8 Å². The molecule has 2 unspecified atom stereocenters. The molecule has 2 aromatic carbocycles. The van der Waals surface area contributed by atoms with Crippen LogP contribution in [0, 0.1) is 10.1 Å². The number of para-hydroxylation sites is 1. The second-order valence-corrected chi connectivity index (χ2v) is 8.77. The second-order valence-electron chi connectivity index (χ2n) is 8.39. The van der Waals surface area contributed by atoms with Gasteiger partial charge in [-0.1, -0.05) is 42.5 Å². The minimum absolute atomic E-state index is 0.00218. The van der Waals surface area contributed by atoms with Crippen LogP contribution >= 0.6 is 12.2 Å². The number of nitrogens with zero attached hydrogens (tertiary/aromatic N) is 3. The number of carbonyl (C=O) groups excluding carboxylic acids is 1. The molecule has 11 heteroatoms. The van der Waals surface area contributed by atoms with Gasteiger partial charge in [-0.15, -0.1) is 0 Å². The van der Waals surface area contributed by atoms with Gasteiger partial charge in [-0.3, -0.25) is 15.0 Å². The fourth-order valence-electron chi connectivity index (χ4n) is 4.61. The van der Waals surface area contributed by atoms with Gasteiger partial charge in [0.2, 0.25) is 0 Å². The van der Waals surface area contributed by atoms with Crippen LogP contribution in [0.25, 0.3) is 0 Å². The number of hydrogen-bond donors (Lipinski definition) is 3. The maximum absolute atomic E-state index is 14.0. The van der Waals surface area contributed by atoms with Gasteiger partial charge in [0.25, 0.3) is 5.69 Å². The predicted molar refractivity (Wildman–Crippen MR) is 133 cm³/mol. The summed E-state index contributed by atoms with van der Waals surface area (Å²) >= 11 is 5.50. The monoisotopic (exact) mass is 495 g/mol. The molecule has 0 aliphatic carbocycles. The Hall–Kier alpha value is -3.83. The van der Waals surface area contributed by atoms with Crippen molar-refractivity contribution >= 4 is 35.0 Å². The molecule has 0 spiro atoms. The quantitative estimate of drug-likeness (QED) is 0.328. The molecule has 2 amide bonds. The number of aliphatic carboxylic acids is 1. The minimum Gasteiger partial charge on any atom is -0.478 e.